The molecular formula is C13H18N2O3. The Kier molecular flexibility index (Phi) is 4.71. The zero-order valence-corrected chi connectivity index (χ0v) is 10.9. The lowest BCUT2D eigenvalue weighted by Crippen LogP contribution is -2.22. The van der Waals surface area contributed by atoms with E-state index < -0.39 is 5.97 Å². The van der Waals surface area contributed by atoms with Gasteiger partial charge in [-0.2, -0.15) is 0 Å². The van der Waals surface area contributed by atoms with Gasteiger partial charge in [0.25, 0.3) is 0 Å². The monoisotopic (exact) mass is 250 g/mol. The van der Waals surface area contributed by atoms with Gasteiger partial charge in [-0.25, -0.2) is 4.79 Å². The van der Waals surface area contributed by atoms with Gasteiger partial charge in [-0.05, 0) is 38.5 Å². The van der Waals surface area contributed by atoms with Crippen molar-refractivity contribution in [3.63, 3.8) is 0 Å². The highest BCUT2D eigenvalue weighted by molar-refractivity contribution is 5.95. The molecule has 0 aliphatic carbocycles. The topological polar surface area (TPSA) is 72.6 Å². The van der Waals surface area contributed by atoms with Crippen LogP contribution in [-0.4, -0.2) is 25.5 Å². The lowest BCUT2D eigenvalue weighted by atomic mass is 10.1. The van der Waals surface area contributed by atoms with E-state index in [-0.39, 0.29) is 0 Å². The third-order valence-electron chi connectivity index (χ3n) is 2.65. The number of amides is 1. The Hall–Kier alpha value is -2.04. The number of nitrogens with two attached hydrogens (primary N) is 1. The molecule has 18 heavy (non-hydrogen) atoms. The second-order valence-electron chi connectivity index (χ2n) is 3.84. The van der Waals surface area contributed by atoms with Crippen LogP contribution in [0.1, 0.15) is 29.8 Å². The molecule has 1 rings (SSSR count). The van der Waals surface area contributed by atoms with Gasteiger partial charge < -0.3 is 15.4 Å². The first-order valence-corrected chi connectivity index (χ1v) is 5.84. The average Bonchev–Trinajstić information content (AvgIpc) is 2.34. The Morgan fingerprint density at radius 2 is 2.11 bits per heavy atom. The maximum absolute atomic E-state index is 11.7. The quantitative estimate of drug-likeness (QED) is 0.491. The minimum Gasteiger partial charge on any atom is -0.462 e. The number of nitrogen functional groups attached to an aromatic ring is 1. The Morgan fingerprint density at radius 3 is 2.61 bits per heavy atom. The van der Waals surface area contributed by atoms with Crippen LogP contribution < -0.4 is 10.6 Å². The van der Waals surface area contributed by atoms with Crippen molar-refractivity contribution in [3.05, 3.63) is 23.3 Å². The summed E-state index contributed by atoms with van der Waals surface area (Å²) < 4.78 is 4.94. The number of hydrogen-bond donors (Lipinski definition) is 1. The fourth-order valence-electron chi connectivity index (χ4n) is 1.69. The normalized spacial score (nSPS) is 9.94. The Labute approximate surface area is 107 Å². The van der Waals surface area contributed by atoms with Crippen molar-refractivity contribution < 1.29 is 14.3 Å². The number of hydrogen-bond acceptors (Lipinski definition) is 4. The highest BCUT2D eigenvalue weighted by Crippen LogP contribution is 2.26. The predicted octanol–water partition coefficient (Wildman–Crippen LogP) is 1.74. The number of benzene rings is 1. The van der Waals surface area contributed by atoms with Crippen LogP contribution in [0.15, 0.2) is 12.1 Å². The van der Waals surface area contributed by atoms with Gasteiger partial charge in [0.05, 0.1) is 23.5 Å². The van der Waals surface area contributed by atoms with Crippen LogP contribution in [0.2, 0.25) is 0 Å². The first-order chi connectivity index (χ1) is 8.54. The number of carbonyl (C=O) groups is 2. The highest BCUT2D eigenvalue weighted by atomic mass is 16.5. The predicted molar refractivity (Wildman–Crippen MR) is 70.6 cm³/mol. The molecule has 98 valence electrons. The Balaban J connectivity index is 3.19. The molecular weight excluding hydrogens is 232 g/mol. The highest BCUT2D eigenvalue weighted by Gasteiger charge is 2.15. The number of carbonyl (C=O) groups excluding carboxylic acids is 2. The summed E-state index contributed by atoms with van der Waals surface area (Å²) in [6.45, 7) is 6.22. The van der Waals surface area contributed by atoms with Gasteiger partial charge in [-0.15, -0.1) is 0 Å². The summed E-state index contributed by atoms with van der Waals surface area (Å²) in [6.07, 6.45) is 0.717. The number of esters is 1. The van der Waals surface area contributed by atoms with Crippen LogP contribution in [0, 0.1) is 6.92 Å². The average molecular weight is 250 g/mol. The zero-order valence-electron chi connectivity index (χ0n) is 10.9. The second-order valence-corrected chi connectivity index (χ2v) is 3.84. The van der Waals surface area contributed by atoms with E-state index in [9.17, 15) is 9.59 Å². The minimum absolute atomic E-state index is 0.315. The molecule has 0 radical (unpaired) electrons. The van der Waals surface area contributed by atoms with Crippen LogP contribution in [0.5, 0.6) is 0 Å². The van der Waals surface area contributed by atoms with Crippen LogP contribution in [0.25, 0.3) is 0 Å². The first-order valence-electron chi connectivity index (χ1n) is 5.84. The molecule has 0 spiro atoms. The molecule has 0 heterocycles. The molecule has 0 unspecified atom stereocenters. The van der Waals surface area contributed by atoms with Crippen molar-refractivity contribution in [1.82, 2.24) is 0 Å². The second kappa shape index (κ2) is 6.05. The molecule has 0 aliphatic heterocycles. The van der Waals surface area contributed by atoms with Crippen molar-refractivity contribution in [3.8, 4) is 0 Å². The van der Waals surface area contributed by atoms with E-state index in [2.05, 4.69) is 0 Å². The van der Waals surface area contributed by atoms with E-state index in [0.29, 0.717) is 30.1 Å². The lowest BCUT2D eigenvalue weighted by molar-refractivity contribution is -0.107. The van der Waals surface area contributed by atoms with Crippen molar-refractivity contribution in [2.24, 2.45) is 0 Å². The SMILES string of the molecule is CCOC(=O)c1cc(N)c(N(C=O)CC)cc1C. The molecule has 1 aromatic carbocycles. The molecule has 2 N–H and O–H groups in total. The number of anilines is 2. The summed E-state index contributed by atoms with van der Waals surface area (Å²) in [5.74, 6) is -0.401. The van der Waals surface area contributed by atoms with E-state index in [1.54, 1.807) is 26.0 Å². The molecule has 0 aromatic heterocycles. The van der Waals surface area contributed by atoms with Gasteiger partial charge in [-0.1, -0.05) is 0 Å². The smallest absolute Gasteiger partial charge is 0.338 e. The molecule has 0 saturated carbocycles. The molecule has 0 bridgehead atoms. The van der Waals surface area contributed by atoms with Crippen LogP contribution in [0.4, 0.5) is 11.4 Å². The van der Waals surface area contributed by atoms with E-state index >= 15 is 0 Å². The van der Waals surface area contributed by atoms with Crippen molar-refractivity contribution >= 4 is 23.8 Å². The summed E-state index contributed by atoms with van der Waals surface area (Å²) in [5.41, 5.74) is 8.03. The van der Waals surface area contributed by atoms with Gasteiger partial charge in [0, 0.05) is 6.54 Å². The Morgan fingerprint density at radius 1 is 1.44 bits per heavy atom. The third kappa shape index (κ3) is 2.80. The maximum atomic E-state index is 11.7. The van der Waals surface area contributed by atoms with Crippen LogP contribution in [-0.2, 0) is 9.53 Å². The van der Waals surface area contributed by atoms with Crippen molar-refractivity contribution in [2.45, 2.75) is 20.8 Å². The van der Waals surface area contributed by atoms with E-state index in [4.69, 9.17) is 10.5 Å². The molecule has 0 atom stereocenters. The fraction of sp³-hybridized carbons (Fsp3) is 0.385. The molecule has 5 heteroatoms. The largest absolute Gasteiger partial charge is 0.462 e. The summed E-state index contributed by atoms with van der Waals surface area (Å²) in [4.78, 5) is 24.1. The van der Waals surface area contributed by atoms with Crippen LogP contribution in [0.3, 0.4) is 0 Å². The molecule has 1 aromatic rings. The standard InChI is InChI=1S/C13H18N2O3/c1-4-15(8-16)12-6-9(3)10(7-11(12)14)13(17)18-5-2/h6-8H,4-5,14H2,1-3H3. The fourth-order valence-corrected chi connectivity index (χ4v) is 1.69. The van der Waals surface area contributed by atoms with Crippen LogP contribution >= 0.6 is 0 Å². The van der Waals surface area contributed by atoms with Crippen molar-refractivity contribution in [1.29, 1.82) is 0 Å². The zero-order chi connectivity index (χ0) is 13.7. The minimum atomic E-state index is -0.401. The van der Waals surface area contributed by atoms with E-state index in [1.807, 2.05) is 6.92 Å². The van der Waals surface area contributed by atoms with Gasteiger partial charge in [-0.3, -0.25) is 4.79 Å². The lowest BCUT2D eigenvalue weighted by Gasteiger charge is -2.19. The molecule has 5 nitrogen and oxygen atoms in total. The van der Waals surface area contributed by atoms with Gasteiger partial charge in [0.2, 0.25) is 6.41 Å². The van der Waals surface area contributed by atoms with Gasteiger partial charge in [0.1, 0.15) is 0 Å². The Bertz CT molecular complexity index is 458. The summed E-state index contributed by atoms with van der Waals surface area (Å²) in [7, 11) is 0. The number of rotatable bonds is 5. The number of ether oxygens (including phenoxy) is 1. The van der Waals surface area contributed by atoms with Crippen molar-refractivity contribution in [2.75, 3.05) is 23.8 Å². The summed E-state index contributed by atoms with van der Waals surface area (Å²) in [6, 6.07) is 3.27. The molecule has 0 fully saturated rings. The first kappa shape index (κ1) is 14.0. The third-order valence-corrected chi connectivity index (χ3v) is 2.65. The summed E-state index contributed by atoms with van der Waals surface area (Å²) >= 11 is 0. The summed E-state index contributed by atoms with van der Waals surface area (Å²) in [5, 5.41) is 0. The molecule has 1 amide bonds. The molecule has 0 aliphatic rings. The molecule has 0 saturated heterocycles. The van der Waals surface area contributed by atoms with Gasteiger partial charge in [0.15, 0.2) is 0 Å². The van der Waals surface area contributed by atoms with E-state index in [1.165, 1.54) is 4.90 Å². The van der Waals surface area contributed by atoms with Gasteiger partial charge >= 0.3 is 5.97 Å². The number of nitrogens with zero attached hydrogens (tertiary/aromatic N) is 1. The number of aryl methyl sites for hydroxylation is 1. The maximum Gasteiger partial charge on any atom is 0.338 e. The van der Waals surface area contributed by atoms with E-state index in [0.717, 1.165) is 12.0 Å².